The van der Waals surface area contributed by atoms with Gasteiger partial charge in [-0.1, -0.05) is 0 Å². The number of benzene rings is 1. The van der Waals surface area contributed by atoms with Gasteiger partial charge < -0.3 is 14.7 Å². The predicted octanol–water partition coefficient (Wildman–Crippen LogP) is 2.62. The maximum atomic E-state index is 12.7. The Labute approximate surface area is 150 Å². The highest BCUT2D eigenvalue weighted by Crippen LogP contribution is 2.23. The summed E-state index contributed by atoms with van der Waals surface area (Å²) in [6.07, 6.45) is 3.84. The zero-order valence-corrected chi connectivity index (χ0v) is 15.4. The van der Waals surface area contributed by atoms with Crippen LogP contribution in [0.3, 0.4) is 0 Å². The van der Waals surface area contributed by atoms with E-state index < -0.39 is 0 Å². The first-order valence-corrected chi connectivity index (χ1v) is 9.49. The lowest BCUT2D eigenvalue weighted by Gasteiger charge is -2.33. The maximum Gasteiger partial charge on any atom is 0.253 e. The van der Waals surface area contributed by atoms with Gasteiger partial charge in [0, 0.05) is 56.9 Å². The molecular weight excluding hydrogens is 314 g/mol. The molecule has 2 heterocycles. The summed E-state index contributed by atoms with van der Waals surface area (Å²) in [7, 11) is 2.04. The number of likely N-dealkylation sites (tertiary alicyclic amines) is 2. The number of amides is 2. The van der Waals surface area contributed by atoms with Gasteiger partial charge in [-0.25, -0.2) is 0 Å². The molecule has 5 nitrogen and oxygen atoms in total. The average molecular weight is 343 g/mol. The van der Waals surface area contributed by atoms with Crippen molar-refractivity contribution in [2.24, 2.45) is 5.92 Å². The van der Waals surface area contributed by atoms with E-state index in [1.54, 1.807) is 0 Å². The van der Waals surface area contributed by atoms with Gasteiger partial charge in [0.15, 0.2) is 0 Å². The Morgan fingerprint density at radius 1 is 1.00 bits per heavy atom. The van der Waals surface area contributed by atoms with Crippen LogP contribution in [0.2, 0.25) is 0 Å². The van der Waals surface area contributed by atoms with Gasteiger partial charge in [-0.05, 0) is 56.9 Å². The van der Waals surface area contributed by atoms with Gasteiger partial charge in [0.1, 0.15) is 0 Å². The lowest BCUT2D eigenvalue weighted by Crippen LogP contribution is -2.43. The molecule has 1 aromatic rings. The first kappa shape index (κ1) is 17.8. The third kappa shape index (κ3) is 3.97. The first-order valence-electron chi connectivity index (χ1n) is 9.49. The monoisotopic (exact) mass is 343 g/mol. The van der Waals surface area contributed by atoms with E-state index >= 15 is 0 Å². The molecule has 2 amide bonds. The summed E-state index contributed by atoms with van der Waals surface area (Å²) >= 11 is 0. The van der Waals surface area contributed by atoms with Gasteiger partial charge in [0.05, 0.1) is 0 Å². The first-order chi connectivity index (χ1) is 12.1. The fraction of sp³-hybridized carbons (Fsp3) is 0.600. The lowest BCUT2D eigenvalue weighted by atomic mass is 9.95. The zero-order chi connectivity index (χ0) is 17.8. The van der Waals surface area contributed by atoms with E-state index in [0.29, 0.717) is 19.0 Å². The summed E-state index contributed by atoms with van der Waals surface area (Å²) < 4.78 is 0. The number of hydrogen-bond acceptors (Lipinski definition) is 3. The standard InChI is InChI=1S/C20H29N3O2/c1-3-21(2)18-8-6-16(7-9-18)19(24)23-14-10-17(11-15-23)20(25)22-12-4-5-13-22/h6-9,17H,3-5,10-15H2,1-2H3. The van der Waals surface area contributed by atoms with Crippen LogP contribution in [0, 0.1) is 5.92 Å². The molecule has 2 fully saturated rings. The van der Waals surface area contributed by atoms with Crippen molar-refractivity contribution >= 4 is 17.5 Å². The number of rotatable bonds is 4. The van der Waals surface area contributed by atoms with Crippen molar-refractivity contribution in [3.8, 4) is 0 Å². The Balaban J connectivity index is 1.55. The number of piperidine rings is 1. The Morgan fingerprint density at radius 3 is 2.16 bits per heavy atom. The highest BCUT2D eigenvalue weighted by atomic mass is 16.2. The molecule has 3 rings (SSSR count). The fourth-order valence-corrected chi connectivity index (χ4v) is 3.75. The highest BCUT2D eigenvalue weighted by molar-refractivity contribution is 5.94. The maximum absolute atomic E-state index is 12.7. The molecule has 25 heavy (non-hydrogen) atoms. The van der Waals surface area contributed by atoms with Gasteiger partial charge >= 0.3 is 0 Å². The Bertz CT molecular complexity index is 600. The fourth-order valence-electron chi connectivity index (χ4n) is 3.75. The van der Waals surface area contributed by atoms with Gasteiger partial charge in [-0.2, -0.15) is 0 Å². The minimum Gasteiger partial charge on any atom is -0.375 e. The molecular formula is C20H29N3O2. The molecule has 0 N–H and O–H groups in total. The predicted molar refractivity (Wildman–Crippen MR) is 99.8 cm³/mol. The summed E-state index contributed by atoms with van der Waals surface area (Å²) in [6, 6.07) is 7.82. The van der Waals surface area contributed by atoms with E-state index in [1.165, 1.54) is 0 Å². The molecule has 0 unspecified atom stereocenters. The van der Waals surface area contributed by atoms with E-state index in [9.17, 15) is 9.59 Å². The van der Waals surface area contributed by atoms with Crippen LogP contribution in [0.4, 0.5) is 5.69 Å². The minimum absolute atomic E-state index is 0.0813. The molecule has 0 radical (unpaired) electrons. The lowest BCUT2D eigenvalue weighted by molar-refractivity contribution is -0.135. The molecule has 2 aliphatic rings. The van der Waals surface area contributed by atoms with E-state index in [2.05, 4.69) is 11.8 Å². The number of nitrogens with zero attached hydrogens (tertiary/aromatic N) is 3. The number of anilines is 1. The molecule has 2 aliphatic heterocycles. The van der Waals surface area contributed by atoms with Crippen molar-refractivity contribution in [1.29, 1.82) is 0 Å². The summed E-state index contributed by atoms with van der Waals surface area (Å²) in [4.78, 5) is 31.2. The second-order valence-electron chi connectivity index (χ2n) is 7.16. The molecule has 0 aliphatic carbocycles. The van der Waals surface area contributed by atoms with Gasteiger partial charge in [-0.3, -0.25) is 9.59 Å². The largest absolute Gasteiger partial charge is 0.375 e. The van der Waals surface area contributed by atoms with Crippen LogP contribution in [0.15, 0.2) is 24.3 Å². The van der Waals surface area contributed by atoms with Gasteiger partial charge in [0.25, 0.3) is 5.91 Å². The van der Waals surface area contributed by atoms with Crippen molar-refractivity contribution in [2.45, 2.75) is 32.6 Å². The van der Waals surface area contributed by atoms with Crippen LogP contribution < -0.4 is 4.90 Å². The molecule has 0 spiro atoms. The van der Waals surface area contributed by atoms with Gasteiger partial charge in [0.2, 0.25) is 5.91 Å². The van der Waals surface area contributed by atoms with Crippen LogP contribution in [0.25, 0.3) is 0 Å². The van der Waals surface area contributed by atoms with E-state index in [1.807, 2.05) is 41.1 Å². The number of carbonyl (C=O) groups excluding carboxylic acids is 2. The quantitative estimate of drug-likeness (QED) is 0.844. The molecule has 2 saturated heterocycles. The second-order valence-corrected chi connectivity index (χ2v) is 7.16. The molecule has 0 atom stereocenters. The van der Waals surface area contributed by atoms with Crippen LogP contribution >= 0.6 is 0 Å². The Kier molecular flexibility index (Phi) is 5.61. The Hall–Kier alpha value is -2.04. The highest BCUT2D eigenvalue weighted by Gasteiger charge is 2.31. The topological polar surface area (TPSA) is 43.9 Å². The van der Waals surface area contributed by atoms with E-state index in [-0.39, 0.29) is 11.8 Å². The SMILES string of the molecule is CCN(C)c1ccc(C(=O)N2CCC(C(=O)N3CCCC3)CC2)cc1. The van der Waals surface area contributed by atoms with Crippen molar-refractivity contribution in [3.05, 3.63) is 29.8 Å². The minimum atomic E-state index is 0.0813. The normalized spacial score (nSPS) is 18.5. The second kappa shape index (κ2) is 7.89. The van der Waals surface area contributed by atoms with Crippen molar-refractivity contribution in [2.75, 3.05) is 44.7 Å². The van der Waals surface area contributed by atoms with Crippen molar-refractivity contribution in [3.63, 3.8) is 0 Å². The number of carbonyl (C=O) groups is 2. The summed E-state index contributed by atoms with van der Waals surface area (Å²) in [5.41, 5.74) is 1.85. The molecule has 0 saturated carbocycles. The molecule has 0 aromatic heterocycles. The Morgan fingerprint density at radius 2 is 1.60 bits per heavy atom. The van der Waals surface area contributed by atoms with Crippen molar-refractivity contribution in [1.82, 2.24) is 9.80 Å². The summed E-state index contributed by atoms with van der Waals surface area (Å²) in [5.74, 6) is 0.483. The summed E-state index contributed by atoms with van der Waals surface area (Å²) in [5, 5.41) is 0. The van der Waals surface area contributed by atoms with Crippen molar-refractivity contribution < 1.29 is 9.59 Å². The van der Waals surface area contributed by atoms with Gasteiger partial charge in [-0.15, -0.1) is 0 Å². The molecule has 5 heteroatoms. The van der Waals surface area contributed by atoms with Crippen LogP contribution in [-0.4, -0.2) is 61.4 Å². The van der Waals surface area contributed by atoms with Crippen LogP contribution in [0.1, 0.15) is 43.0 Å². The summed E-state index contributed by atoms with van der Waals surface area (Å²) in [6.45, 7) is 6.23. The smallest absolute Gasteiger partial charge is 0.253 e. The van der Waals surface area contributed by atoms with E-state index in [0.717, 1.165) is 56.6 Å². The third-order valence-electron chi connectivity index (χ3n) is 5.58. The molecule has 1 aromatic carbocycles. The van der Waals surface area contributed by atoms with E-state index in [4.69, 9.17) is 0 Å². The van der Waals surface area contributed by atoms with Crippen LogP contribution in [-0.2, 0) is 4.79 Å². The molecule has 0 bridgehead atoms. The molecule has 136 valence electrons. The zero-order valence-electron chi connectivity index (χ0n) is 15.4. The van der Waals surface area contributed by atoms with Crippen LogP contribution in [0.5, 0.6) is 0 Å². The average Bonchev–Trinajstić information content (AvgIpc) is 3.21. The third-order valence-corrected chi connectivity index (χ3v) is 5.58. The number of hydrogen-bond donors (Lipinski definition) is 0.